The molecule has 0 bridgehead atoms. The fraction of sp³-hybridized carbons (Fsp3) is 0.389. The van der Waals surface area contributed by atoms with Crippen LogP contribution in [0.25, 0.3) is 11.3 Å². The lowest BCUT2D eigenvalue weighted by Crippen LogP contribution is -2.36. The van der Waals surface area contributed by atoms with Gasteiger partial charge in [-0.3, -0.25) is 14.3 Å². The van der Waals surface area contributed by atoms with Gasteiger partial charge in [-0.25, -0.2) is 4.98 Å². The summed E-state index contributed by atoms with van der Waals surface area (Å²) in [5.41, 5.74) is 6.23. The van der Waals surface area contributed by atoms with E-state index in [1.165, 1.54) is 16.9 Å². The summed E-state index contributed by atoms with van der Waals surface area (Å²) in [6.45, 7) is 3.15. The summed E-state index contributed by atoms with van der Waals surface area (Å²) in [5.74, 6) is -0.719. The van der Waals surface area contributed by atoms with E-state index in [0.29, 0.717) is 12.0 Å². The number of rotatable bonds is 8. The molecular weight excluding hydrogens is 348 g/mol. The summed E-state index contributed by atoms with van der Waals surface area (Å²) in [4.78, 5) is 28.4. The van der Waals surface area contributed by atoms with Crippen LogP contribution in [0.4, 0.5) is 5.82 Å². The van der Waals surface area contributed by atoms with Crippen molar-refractivity contribution in [2.75, 3.05) is 11.9 Å². The zero-order chi connectivity index (χ0) is 20.1. The summed E-state index contributed by atoms with van der Waals surface area (Å²) in [6, 6.07) is 2.65. The largest absolute Gasteiger partial charge is 0.388 e. The van der Waals surface area contributed by atoms with E-state index in [-0.39, 0.29) is 28.6 Å². The molecule has 0 saturated carbocycles. The number of hydrogen-bond acceptors (Lipinski definition) is 7. The maximum Gasteiger partial charge on any atom is 0.239 e. The van der Waals surface area contributed by atoms with Crippen LogP contribution < -0.4 is 11.1 Å². The maximum absolute atomic E-state index is 12.2. The third-order valence-corrected chi connectivity index (χ3v) is 3.91. The number of aromatic nitrogens is 3. The molecule has 0 aliphatic rings. The van der Waals surface area contributed by atoms with Crippen LogP contribution in [0.2, 0.25) is 0 Å². The normalized spacial score (nSPS) is 11.9. The lowest BCUT2D eigenvalue weighted by atomic mass is 9.99. The third kappa shape index (κ3) is 4.68. The number of nitrogens with one attached hydrogen (secondary N) is 1. The van der Waals surface area contributed by atoms with Gasteiger partial charge in [0, 0.05) is 18.8 Å². The summed E-state index contributed by atoms with van der Waals surface area (Å²) in [6.07, 6.45) is 3.63. The van der Waals surface area contributed by atoms with E-state index < -0.39 is 24.3 Å². The number of pyridine rings is 1. The Morgan fingerprint density at radius 3 is 2.63 bits per heavy atom. The Morgan fingerprint density at radius 2 is 2.15 bits per heavy atom. The van der Waals surface area contributed by atoms with E-state index in [2.05, 4.69) is 15.4 Å². The second-order valence-corrected chi connectivity index (χ2v) is 6.60. The fourth-order valence-corrected chi connectivity index (χ4v) is 2.72. The second-order valence-electron chi connectivity index (χ2n) is 6.60. The number of carbonyl (C=O) groups excluding carboxylic acids is 2. The van der Waals surface area contributed by atoms with Crippen LogP contribution in [0.1, 0.15) is 36.2 Å². The lowest BCUT2D eigenvalue weighted by Gasteiger charge is -2.19. The molecule has 4 N–H and O–H groups in total. The highest BCUT2D eigenvalue weighted by Gasteiger charge is 2.23. The van der Waals surface area contributed by atoms with Crippen LogP contribution in [-0.2, 0) is 11.8 Å². The summed E-state index contributed by atoms with van der Waals surface area (Å²) in [5, 5.41) is 25.8. The summed E-state index contributed by atoms with van der Waals surface area (Å²) in [7, 11) is 1.70. The van der Waals surface area contributed by atoms with Crippen LogP contribution >= 0.6 is 0 Å². The van der Waals surface area contributed by atoms with Gasteiger partial charge in [-0.1, -0.05) is 13.8 Å². The first-order valence-corrected chi connectivity index (χ1v) is 8.40. The number of aryl methyl sites for hydroxylation is 1. The molecule has 0 aliphatic heterocycles. The Kier molecular flexibility index (Phi) is 6.26. The van der Waals surface area contributed by atoms with Crippen LogP contribution in [0, 0.1) is 17.2 Å². The van der Waals surface area contributed by atoms with Crippen LogP contribution in [0.15, 0.2) is 18.5 Å². The Bertz CT molecular complexity index is 897. The van der Waals surface area contributed by atoms with Gasteiger partial charge in [0.1, 0.15) is 24.5 Å². The highest BCUT2D eigenvalue weighted by molar-refractivity contribution is 6.04. The van der Waals surface area contributed by atoms with E-state index in [1.54, 1.807) is 13.2 Å². The fourth-order valence-electron chi connectivity index (χ4n) is 2.72. The first kappa shape index (κ1) is 20.1. The number of aliphatic hydroxyl groups excluding tert-OH is 1. The molecule has 0 radical (unpaired) electrons. The average molecular weight is 370 g/mol. The molecule has 2 heterocycles. The van der Waals surface area contributed by atoms with Crippen LogP contribution in [-0.4, -0.2) is 44.2 Å². The second kappa shape index (κ2) is 8.42. The average Bonchev–Trinajstić information content (AvgIpc) is 3.05. The molecule has 2 aromatic heterocycles. The van der Waals surface area contributed by atoms with Crippen molar-refractivity contribution in [3.8, 4) is 17.3 Å². The van der Waals surface area contributed by atoms with Gasteiger partial charge < -0.3 is 16.2 Å². The van der Waals surface area contributed by atoms with Crippen molar-refractivity contribution in [1.29, 1.82) is 5.26 Å². The number of nitrogens with zero attached hydrogens (tertiary/aromatic N) is 4. The van der Waals surface area contributed by atoms with Gasteiger partial charge in [0.25, 0.3) is 0 Å². The van der Waals surface area contributed by atoms with E-state index >= 15 is 0 Å². The zero-order valence-electron chi connectivity index (χ0n) is 15.4. The molecule has 0 aromatic carbocycles. The number of carbonyl (C=O) groups is 2. The highest BCUT2D eigenvalue weighted by atomic mass is 16.3. The summed E-state index contributed by atoms with van der Waals surface area (Å²) < 4.78 is 1.53. The number of Topliss-reactive ketones (excluding diaryl/α,β-unsaturated/α-hetero) is 1. The lowest BCUT2D eigenvalue weighted by molar-refractivity contribution is -0.119. The first-order valence-electron chi connectivity index (χ1n) is 8.40. The number of amides is 1. The van der Waals surface area contributed by atoms with Gasteiger partial charge in [0.15, 0.2) is 5.78 Å². The minimum absolute atomic E-state index is 0.0121. The monoisotopic (exact) mass is 370 g/mol. The quantitative estimate of drug-likeness (QED) is 0.583. The van der Waals surface area contributed by atoms with E-state index in [1.807, 2.05) is 19.9 Å². The number of ketones is 1. The molecule has 27 heavy (non-hydrogen) atoms. The van der Waals surface area contributed by atoms with Crippen molar-refractivity contribution in [1.82, 2.24) is 14.8 Å². The van der Waals surface area contributed by atoms with Crippen molar-refractivity contribution < 1.29 is 14.7 Å². The molecule has 1 amide bonds. The highest BCUT2D eigenvalue weighted by Crippen LogP contribution is 2.27. The Hall–Kier alpha value is -3.25. The van der Waals surface area contributed by atoms with E-state index in [9.17, 15) is 20.0 Å². The predicted octanol–water partition coefficient (Wildman–Crippen LogP) is 0.841. The molecule has 0 aliphatic carbocycles. The first-order chi connectivity index (χ1) is 12.8. The van der Waals surface area contributed by atoms with Gasteiger partial charge >= 0.3 is 0 Å². The molecule has 0 fully saturated rings. The third-order valence-electron chi connectivity index (χ3n) is 3.91. The van der Waals surface area contributed by atoms with Crippen molar-refractivity contribution >= 4 is 17.5 Å². The predicted molar refractivity (Wildman–Crippen MR) is 98.6 cm³/mol. The zero-order valence-corrected chi connectivity index (χ0v) is 15.4. The maximum atomic E-state index is 12.2. The topological polar surface area (TPSA) is 147 Å². The van der Waals surface area contributed by atoms with E-state index in [4.69, 9.17) is 5.73 Å². The van der Waals surface area contributed by atoms with Crippen LogP contribution in [0.3, 0.4) is 0 Å². The number of anilines is 1. The Balaban J connectivity index is 2.59. The van der Waals surface area contributed by atoms with Crippen molar-refractivity contribution in [3.05, 3.63) is 29.6 Å². The molecule has 9 nitrogen and oxygen atoms in total. The molecule has 0 saturated heterocycles. The molecule has 2 aromatic rings. The van der Waals surface area contributed by atoms with Gasteiger partial charge in [-0.2, -0.15) is 10.4 Å². The number of primary amides is 1. The SMILES string of the molecule is CC(C)C[C@@H](Nc1cc(C#N)c(C(=O)CO)c(-c2cnn(C)c2)n1)C(N)=O. The molecule has 1 atom stereocenters. The standard InChI is InChI=1S/C18H22N6O3/c1-10(2)4-13(18(20)27)22-15-5-11(6-19)16(14(26)9-25)17(23-15)12-7-21-24(3)8-12/h5,7-8,10,13,25H,4,9H2,1-3H3,(H2,20,27)(H,22,23)/t13-/m1/s1. The molecular formula is C18H22N6O3. The van der Waals surface area contributed by atoms with Gasteiger partial charge in [0.05, 0.1) is 23.0 Å². The number of aliphatic hydroxyl groups is 1. The van der Waals surface area contributed by atoms with Crippen molar-refractivity contribution in [3.63, 3.8) is 0 Å². The number of nitriles is 1. The van der Waals surface area contributed by atoms with Gasteiger partial charge in [0.2, 0.25) is 5.91 Å². The molecule has 2 rings (SSSR count). The van der Waals surface area contributed by atoms with Gasteiger partial charge in [-0.15, -0.1) is 0 Å². The molecule has 0 unspecified atom stereocenters. The molecule has 9 heteroatoms. The number of hydrogen-bond donors (Lipinski definition) is 3. The Morgan fingerprint density at radius 1 is 1.44 bits per heavy atom. The minimum Gasteiger partial charge on any atom is -0.388 e. The molecule has 142 valence electrons. The Labute approximate surface area is 156 Å². The summed E-state index contributed by atoms with van der Waals surface area (Å²) >= 11 is 0. The van der Waals surface area contributed by atoms with E-state index in [0.717, 1.165) is 0 Å². The minimum atomic E-state index is -0.756. The van der Waals surface area contributed by atoms with Gasteiger partial charge in [-0.05, 0) is 18.4 Å². The van der Waals surface area contributed by atoms with Crippen molar-refractivity contribution in [2.45, 2.75) is 26.3 Å². The molecule has 0 spiro atoms. The number of nitrogens with two attached hydrogens (primary N) is 1. The smallest absolute Gasteiger partial charge is 0.239 e. The van der Waals surface area contributed by atoms with Crippen LogP contribution in [0.5, 0.6) is 0 Å². The van der Waals surface area contributed by atoms with Crippen molar-refractivity contribution in [2.24, 2.45) is 18.7 Å².